The maximum absolute atomic E-state index is 13.3. The second-order valence-electron chi connectivity index (χ2n) is 9.91. The number of nitrogens with zero attached hydrogens (tertiary/aromatic N) is 5. The molecular formula is C28H37N5O. The van der Waals surface area contributed by atoms with Crippen molar-refractivity contribution < 1.29 is 4.79 Å². The van der Waals surface area contributed by atoms with Crippen molar-refractivity contribution in [3.8, 4) is 0 Å². The SMILES string of the molecule is CCn1c(CN2CCC(C(=O)N3CCN(c4ccc(C)cc4C)CC3)CC2)nc2ccccc21. The predicted octanol–water partition coefficient (Wildman–Crippen LogP) is 4.23. The summed E-state index contributed by atoms with van der Waals surface area (Å²) in [5.74, 6) is 1.66. The average molecular weight is 460 g/mol. The zero-order chi connectivity index (χ0) is 23.7. The van der Waals surface area contributed by atoms with Crippen LogP contribution in [0.25, 0.3) is 11.0 Å². The van der Waals surface area contributed by atoms with Crippen LogP contribution in [-0.2, 0) is 17.9 Å². The van der Waals surface area contributed by atoms with E-state index in [0.717, 1.165) is 76.5 Å². The van der Waals surface area contributed by atoms with E-state index in [1.165, 1.54) is 22.3 Å². The fourth-order valence-corrected chi connectivity index (χ4v) is 5.72. The Morgan fingerprint density at radius 3 is 2.41 bits per heavy atom. The van der Waals surface area contributed by atoms with Gasteiger partial charge in [-0.25, -0.2) is 4.98 Å². The highest BCUT2D eigenvalue weighted by Gasteiger charge is 2.31. The Balaban J connectivity index is 1.14. The number of hydrogen-bond acceptors (Lipinski definition) is 4. The number of anilines is 1. The number of imidazole rings is 1. The Morgan fingerprint density at radius 2 is 1.71 bits per heavy atom. The maximum atomic E-state index is 13.3. The van der Waals surface area contributed by atoms with Gasteiger partial charge < -0.3 is 14.4 Å². The number of piperidine rings is 1. The van der Waals surface area contributed by atoms with Crippen molar-refractivity contribution in [2.45, 2.75) is 46.7 Å². The molecule has 2 saturated heterocycles. The molecule has 0 radical (unpaired) electrons. The molecular weight excluding hydrogens is 422 g/mol. The van der Waals surface area contributed by atoms with Crippen LogP contribution in [0.5, 0.6) is 0 Å². The molecule has 0 atom stereocenters. The molecule has 0 aliphatic carbocycles. The van der Waals surface area contributed by atoms with E-state index < -0.39 is 0 Å². The molecule has 0 saturated carbocycles. The normalized spacial score (nSPS) is 18.1. The monoisotopic (exact) mass is 459 g/mol. The summed E-state index contributed by atoms with van der Waals surface area (Å²) in [5.41, 5.74) is 6.22. The van der Waals surface area contributed by atoms with Gasteiger partial charge in [0.25, 0.3) is 0 Å². The van der Waals surface area contributed by atoms with Gasteiger partial charge in [0.1, 0.15) is 5.82 Å². The van der Waals surface area contributed by atoms with Crippen LogP contribution in [-0.4, -0.2) is 64.5 Å². The fraction of sp³-hybridized carbons (Fsp3) is 0.500. The molecule has 1 aromatic heterocycles. The number of aryl methyl sites for hydroxylation is 3. The van der Waals surface area contributed by atoms with Crippen LogP contribution in [0.1, 0.15) is 36.7 Å². The first-order valence-corrected chi connectivity index (χ1v) is 12.8. The van der Waals surface area contributed by atoms with E-state index in [-0.39, 0.29) is 5.92 Å². The number of aromatic nitrogens is 2. The van der Waals surface area contributed by atoms with Crippen molar-refractivity contribution in [2.75, 3.05) is 44.2 Å². The number of amides is 1. The standard InChI is InChI=1S/C28H37N5O/c1-4-33-26-8-6-5-7-24(26)29-27(33)20-30-13-11-23(12-14-30)28(34)32-17-15-31(16-18-32)25-10-9-21(2)19-22(25)3/h5-10,19,23H,4,11-18,20H2,1-3H3. The van der Waals surface area contributed by atoms with Crippen molar-refractivity contribution >= 4 is 22.6 Å². The van der Waals surface area contributed by atoms with E-state index in [1.54, 1.807) is 0 Å². The second kappa shape index (κ2) is 9.79. The zero-order valence-corrected chi connectivity index (χ0v) is 20.8. The number of likely N-dealkylation sites (tertiary alicyclic amines) is 1. The average Bonchev–Trinajstić information content (AvgIpc) is 3.21. The first-order chi connectivity index (χ1) is 16.5. The molecule has 34 heavy (non-hydrogen) atoms. The number of fused-ring (bicyclic) bond motifs is 1. The summed E-state index contributed by atoms with van der Waals surface area (Å²) in [7, 11) is 0. The van der Waals surface area contributed by atoms with Crippen molar-refractivity contribution in [3.63, 3.8) is 0 Å². The van der Waals surface area contributed by atoms with Gasteiger partial charge in [0.2, 0.25) is 5.91 Å². The Hall–Kier alpha value is -2.86. The summed E-state index contributed by atoms with van der Waals surface area (Å²) in [4.78, 5) is 25.2. The molecule has 5 rings (SSSR count). The van der Waals surface area contributed by atoms with Crippen molar-refractivity contribution in [1.29, 1.82) is 0 Å². The summed E-state index contributed by atoms with van der Waals surface area (Å²) in [5, 5.41) is 0. The Kier molecular flexibility index (Phi) is 6.59. The van der Waals surface area contributed by atoms with Gasteiger partial charge in [-0.1, -0.05) is 29.8 Å². The molecule has 1 amide bonds. The van der Waals surface area contributed by atoms with E-state index in [0.29, 0.717) is 5.91 Å². The maximum Gasteiger partial charge on any atom is 0.225 e. The number of benzene rings is 2. The molecule has 6 heteroatoms. The first kappa shape index (κ1) is 22.9. The minimum absolute atomic E-state index is 0.161. The lowest BCUT2D eigenvalue weighted by atomic mass is 9.95. The van der Waals surface area contributed by atoms with Gasteiger partial charge in [0, 0.05) is 44.3 Å². The van der Waals surface area contributed by atoms with Crippen molar-refractivity contribution in [2.24, 2.45) is 5.92 Å². The quantitative estimate of drug-likeness (QED) is 0.573. The van der Waals surface area contributed by atoms with Crippen LogP contribution in [0.2, 0.25) is 0 Å². The highest BCUT2D eigenvalue weighted by Crippen LogP contribution is 2.26. The summed E-state index contributed by atoms with van der Waals surface area (Å²) >= 11 is 0. The molecule has 0 spiro atoms. The lowest BCUT2D eigenvalue weighted by molar-refractivity contribution is -0.137. The molecule has 0 N–H and O–H groups in total. The zero-order valence-electron chi connectivity index (χ0n) is 20.8. The van der Waals surface area contributed by atoms with Gasteiger partial charge in [0.15, 0.2) is 0 Å². The first-order valence-electron chi connectivity index (χ1n) is 12.8. The third-order valence-corrected chi connectivity index (χ3v) is 7.64. The molecule has 2 aromatic carbocycles. The molecule has 0 unspecified atom stereocenters. The number of hydrogen-bond donors (Lipinski definition) is 0. The number of piperazine rings is 1. The van der Waals surface area contributed by atoms with Gasteiger partial charge in [0.05, 0.1) is 17.6 Å². The molecule has 6 nitrogen and oxygen atoms in total. The minimum Gasteiger partial charge on any atom is -0.368 e. The molecule has 0 bridgehead atoms. The second-order valence-corrected chi connectivity index (χ2v) is 9.91. The van der Waals surface area contributed by atoms with Crippen LogP contribution in [0.15, 0.2) is 42.5 Å². The summed E-state index contributed by atoms with van der Waals surface area (Å²) < 4.78 is 2.32. The Morgan fingerprint density at radius 1 is 0.971 bits per heavy atom. The lowest BCUT2D eigenvalue weighted by Crippen LogP contribution is -2.51. The molecule has 3 aromatic rings. The third kappa shape index (κ3) is 4.56. The van der Waals surface area contributed by atoms with Gasteiger partial charge in [-0.2, -0.15) is 0 Å². The lowest BCUT2D eigenvalue weighted by Gasteiger charge is -2.39. The minimum atomic E-state index is 0.161. The van der Waals surface area contributed by atoms with Gasteiger partial charge >= 0.3 is 0 Å². The molecule has 2 aliphatic heterocycles. The molecule has 180 valence electrons. The van der Waals surface area contributed by atoms with E-state index >= 15 is 0 Å². The fourth-order valence-electron chi connectivity index (χ4n) is 5.72. The van der Waals surface area contributed by atoms with E-state index in [9.17, 15) is 4.79 Å². The smallest absolute Gasteiger partial charge is 0.225 e. The van der Waals surface area contributed by atoms with Crippen LogP contribution < -0.4 is 4.90 Å². The Bertz CT molecular complexity index is 1150. The summed E-state index contributed by atoms with van der Waals surface area (Å²) in [6, 6.07) is 15.0. The number of carbonyl (C=O) groups excluding carboxylic acids is 1. The summed E-state index contributed by atoms with van der Waals surface area (Å²) in [6.45, 7) is 13.7. The van der Waals surface area contributed by atoms with Crippen molar-refractivity contribution in [1.82, 2.24) is 19.4 Å². The van der Waals surface area contributed by atoms with E-state index in [2.05, 4.69) is 82.5 Å². The van der Waals surface area contributed by atoms with Crippen molar-refractivity contribution in [3.05, 3.63) is 59.4 Å². The Labute approximate surface area is 203 Å². The highest BCUT2D eigenvalue weighted by molar-refractivity contribution is 5.79. The number of carbonyl (C=O) groups is 1. The van der Waals surface area contributed by atoms with Gasteiger partial charge in [-0.05, 0) is 70.5 Å². The predicted molar refractivity (Wildman–Crippen MR) is 138 cm³/mol. The topological polar surface area (TPSA) is 44.6 Å². The van der Waals surface area contributed by atoms with Gasteiger partial charge in [-0.15, -0.1) is 0 Å². The van der Waals surface area contributed by atoms with Gasteiger partial charge in [-0.3, -0.25) is 9.69 Å². The van der Waals surface area contributed by atoms with Crippen LogP contribution in [0.4, 0.5) is 5.69 Å². The number of rotatable bonds is 5. The van der Waals surface area contributed by atoms with Crippen LogP contribution in [0.3, 0.4) is 0 Å². The molecule has 2 aliphatic rings. The summed E-state index contributed by atoms with van der Waals surface area (Å²) in [6.07, 6.45) is 1.89. The van der Waals surface area contributed by atoms with E-state index in [1.807, 2.05) is 0 Å². The van der Waals surface area contributed by atoms with Crippen LogP contribution in [0, 0.1) is 19.8 Å². The number of para-hydroxylation sites is 2. The molecule has 3 heterocycles. The molecule has 2 fully saturated rings. The largest absolute Gasteiger partial charge is 0.368 e. The highest BCUT2D eigenvalue weighted by atomic mass is 16.2. The van der Waals surface area contributed by atoms with E-state index in [4.69, 9.17) is 4.98 Å². The van der Waals surface area contributed by atoms with Crippen LogP contribution >= 0.6 is 0 Å². The third-order valence-electron chi connectivity index (χ3n) is 7.64.